The Morgan fingerprint density at radius 2 is 2.18 bits per heavy atom. The molecule has 0 aliphatic rings. The van der Waals surface area contributed by atoms with E-state index in [0.717, 1.165) is 12.8 Å². The Morgan fingerprint density at radius 1 is 1.55 bits per heavy atom. The second-order valence-corrected chi connectivity index (χ2v) is 2.53. The molecule has 0 N–H and O–H groups in total. The van der Waals surface area contributed by atoms with Gasteiger partial charge in [-0.2, -0.15) is 0 Å². The van der Waals surface area contributed by atoms with Gasteiger partial charge in [-0.3, -0.25) is 4.79 Å². The van der Waals surface area contributed by atoms with Crippen molar-refractivity contribution in [1.82, 2.24) is 0 Å². The summed E-state index contributed by atoms with van der Waals surface area (Å²) in [5.41, 5.74) is 0. The van der Waals surface area contributed by atoms with Gasteiger partial charge in [0.05, 0.1) is 12.2 Å². The van der Waals surface area contributed by atoms with Crippen LogP contribution in [0, 0.1) is 5.92 Å². The molecule has 0 aliphatic carbocycles. The Hall–Kier alpha value is -0.790. The van der Waals surface area contributed by atoms with E-state index < -0.39 is 0 Å². The predicted octanol–water partition coefficient (Wildman–Crippen LogP) is 2.50. The number of hydrogen-bond donors (Lipinski definition) is 0. The molecule has 0 aromatic heterocycles. The van der Waals surface area contributed by atoms with Gasteiger partial charge in [0.25, 0.3) is 0 Å². The van der Waals surface area contributed by atoms with Gasteiger partial charge in [-0.05, 0) is 18.9 Å². The van der Waals surface area contributed by atoms with Gasteiger partial charge in [0, 0.05) is 0 Å². The zero-order valence-electron chi connectivity index (χ0n) is 7.46. The molecule has 64 valence electrons. The highest BCUT2D eigenvalue weighted by Crippen LogP contribution is 2.03. The SMILES string of the molecule is CCC=COC(=O)C(C)CC. The van der Waals surface area contributed by atoms with Gasteiger partial charge < -0.3 is 4.74 Å². The number of carbonyl (C=O) groups excluding carboxylic acids is 1. The molecule has 0 aromatic rings. The van der Waals surface area contributed by atoms with Crippen LogP contribution in [-0.4, -0.2) is 5.97 Å². The molecule has 0 rings (SSSR count). The lowest BCUT2D eigenvalue weighted by Gasteiger charge is -2.03. The van der Waals surface area contributed by atoms with Crippen LogP contribution in [0.2, 0.25) is 0 Å². The van der Waals surface area contributed by atoms with E-state index in [4.69, 9.17) is 4.74 Å². The van der Waals surface area contributed by atoms with Gasteiger partial charge in [0.15, 0.2) is 0 Å². The monoisotopic (exact) mass is 156 g/mol. The summed E-state index contributed by atoms with van der Waals surface area (Å²) in [4.78, 5) is 11.0. The summed E-state index contributed by atoms with van der Waals surface area (Å²) in [7, 11) is 0. The van der Waals surface area contributed by atoms with Crippen LogP contribution in [-0.2, 0) is 9.53 Å². The second kappa shape index (κ2) is 5.96. The Bertz CT molecular complexity index is 138. The number of allylic oxidation sites excluding steroid dienone is 1. The third kappa shape index (κ3) is 4.59. The molecule has 0 saturated carbocycles. The van der Waals surface area contributed by atoms with Crippen molar-refractivity contribution in [3.63, 3.8) is 0 Å². The fraction of sp³-hybridized carbons (Fsp3) is 0.667. The number of esters is 1. The maximum Gasteiger partial charge on any atom is 0.313 e. The van der Waals surface area contributed by atoms with Crippen LogP contribution in [0.5, 0.6) is 0 Å². The fourth-order valence-electron chi connectivity index (χ4n) is 0.494. The van der Waals surface area contributed by atoms with Crippen molar-refractivity contribution >= 4 is 5.97 Å². The summed E-state index contributed by atoms with van der Waals surface area (Å²) in [6.07, 6.45) is 5.02. The first-order valence-electron chi connectivity index (χ1n) is 4.07. The molecular weight excluding hydrogens is 140 g/mol. The van der Waals surface area contributed by atoms with Crippen molar-refractivity contribution in [1.29, 1.82) is 0 Å². The third-order valence-corrected chi connectivity index (χ3v) is 1.53. The van der Waals surface area contributed by atoms with Crippen LogP contribution in [0.1, 0.15) is 33.6 Å². The topological polar surface area (TPSA) is 26.3 Å². The van der Waals surface area contributed by atoms with E-state index >= 15 is 0 Å². The summed E-state index contributed by atoms with van der Waals surface area (Å²) < 4.78 is 4.82. The Labute approximate surface area is 68.2 Å². The predicted molar refractivity (Wildman–Crippen MR) is 45.0 cm³/mol. The van der Waals surface area contributed by atoms with Crippen LogP contribution in [0.15, 0.2) is 12.3 Å². The molecule has 11 heavy (non-hydrogen) atoms. The lowest BCUT2D eigenvalue weighted by Crippen LogP contribution is -2.10. The van der Waals surface area contributed by atoms with Crippen LogP contribution in [0.3, 0.4) is 0 Å². The quantitative estimate of drug-likeness (QED) is 0.461. The highest BCUT2D eigenvalue weighted by atomic mass is 16.5. The van der Waals surface area contributed by atoms with E-state index in [1.165, 1.54) is 6.26 Å². The smallest absolute Gasteiger partial charge is 0.313 e. The van der Waals surface area contributed by atoms with Gasteiger partial charge in [-0.25, -0.2) is 0 Å². The minimum atomic E-state index is -0.141. The van der Waals surface area contributed by atoms with Gasteiger partial charge in [0.1, 0.15) is 0 Å². The maximum atomic E-state index is 11.0. The van der Waals surface area contributed by atoms with Gasteiger partial charge in [-0.15, -0.1) is 0 Å². The maximum absolute atomic E-state index is 11.0. The van der Waals surface area contributed by atoms with Crippen LogP contribution < -0.4 is 0 Å². The zero-order chi connectivity index (χ0) is 8.69. The van der Waals surface area contributed by atoms with Gasteiger partial charge in [0.2, 0.25) is 0 Å². The number of rotatable bonds is 4. The largest absolute Gasteiger partial charge is 0.435 e. The van der Waals surface area contributed by atoms with Crippen molar-refractivity contribution in [2.24, 2.45) is 5.92 Å². The Morgan fingerprint density at radius 3 is 2.64 bits per heavy atom. The molecule has 1 unspecified atom stereocenters. The zero-order valence-corrected chi connectivity index (χ0v) is 7.46. The molecular formula is C9H16O2. The first kappa shape index (κ1) is 10.2. The van der Waals surface area contributed by atoms with Crippen molar-refractivity contribution in [3.8, 4) is 0 Å². The summed E-state index contributed by atoms with van der Waals surface area (Å²) >= 11 is 0. The molecule has 0 fully saturated rings. The first-order valence-corrected chi connectivity index (χ1v) is 4.07. The molecule has 0 bridgehead atoms. The molecule has 1 atom stereocenters. The van der Waals surface area contributed by atoms with E-state index in [1.54, 1.807) is 0 Å². The lowest BCUT2D eigenvalue weighted by molar-refractivity contribution is -0.142. The second-order valence-electron chi connectivity index (χ2n) is 2.53. The molecule has 0 spiro atoms. The fourth-order valence-corrected chi connectivity index (χ4v) is 0.494. The average Bonchev–Trinajstić information content (AvgIpc) is 2.03. The standard InChI is InChI=1S/C9H16O2/c1-4-6-7-11-9(10)8(3)5-2/h6-8H,4-5H2,1-3H3. The van der Waals surface area contributed by atoms with Crippen LogP contribution >= 0.6 is 0 Å². The molecule has 2 nitrogen and oxygen atoms in total. The number of carbonyl (C=O) groups is 1. The van der Waals surface area contributed by atoms with E-state index in [-0.39, 0.29) is 11.9 Å². The summed E-state index contributed by atoms with van der Waals surface area (Å²) in [6, 6.07) is 0. The first-order chi connectivity index (χ1) is 5.22. The molecule has 0 aliphatic heterocycles. The molecule has 0 amide bonds. The normalized spacial score (nSPS) is 13.4. The van der Waals surface area contributed by atoms with Gasteiger partial charge >= 0.3 is 5.97 Å². The summed E-state index contributed by atoms with van der Waals surface area (Å²) in [6.45, 7) is 5.82. The number of ether oxygens (including phenoxy) is 1. The summed E-state index contributed by atoms with van der Waals surface area (Å²) in [5.74, 6) is -0.131. The van der Waals surface area contributed by atoms with Crippen LogP contribution in [0.25, 0.3) is 0 Å². The molecule has 0 saturated heterocycles. The van der Waals surface area contributed by atoms with E-state index in [1.807, 2.05) is 26.8 Å². The van der Waals surface area contributed by atoms with E-state index in [2.05, 4.69) is 0 Å². The van der Waals surface area contributed by atoms with Crippen molar-refractivity contribution in [2.45, 2.75) is 33.6 Å². The lowest BCUT2D eigenvalue weighted by atomic mass is 10.1. The van der Waals surface area contributed by atoms with Crippen molar-refractivity contribution < 1.29 is 9.53 Å². The highest BCUT2D eigenvalue weighted by Gasteiger charge is 2.09. The van der Waals surface area contributed by atoms with Crippen LogP contribution in [0.4, 0.5) is 0 Å². The van der Waals surface area contributed by atoms with Crippen molar-refractivity contribution in [2.75, 3.05) is 0 Å². The Balaban J connectivity index is 3.60. The molecule has 2 heteroatoms. The number of hydrogen-bond acceptors (Lipinski definition) is 2. The Kier molecular flexibility index (Phi) is 5.53. The molecule has 0 radical (unpaired) electrons. The van der Waals surface area contributed by atoms with E-state index in [0.29, 0.717) is 0 Å². The minimum Gasteiger partial charge on any atom is -0.435 e. The molecule has 0 aromatic carbocycles. The third-order valence-electron chi connectivity index (χ3n) is 1.53. The average molecular weight is 156 g/mol. The molecule has 0 heterocycles. The highest BCUT2D eigenvalue weighted by molar-refractivity contribution is 5.72. The van der Waals surface area contributed by atoms with E-state index in [9.17, 15) is 4.79 Å². The van der Waals surface area contributed by atoms with Crippen molar-refractivity contribution in [3.05, 3.63) is 12.3 Å². The van der Waals surface area contributed by atoms with Gasteiger partial charge in [-0.1, -0.05) is 20.8 Å². The minimum absolute atomic E-state index is 0.0107. The summed E-state index contributed by atoms with van der Waals surface area (Å²) in [5, 5.41) is 0.